The van der Waals surface area contributed by atoms with Gasteiger partial charge in [-0.05, 0) is 37.8 Å². The van der Waals surface area contributed by atoms with Gasteiger partial charge < -0.3 is 10.2 Å². The first-order valence-corrected chi connectivity index (χ1v) is 7.33. The number of nitrogens with one attached hydrogen (secondary N) is 1. The Morgan fingerprint density at radius 3 is 2.89 bits per heavy atom. The largest absolute Gasteiger partial charge is 0.368 e. The smallest absolute Gasteiger partial charge is 0.217 e. The summed E-state index contributed by atoms with van der Waals surface area (Å²) in [6.07, 6.45) is 3.36. The van der Waals surface area contributed by atoms with Crippen LogP contribution >= 0.6 is 0 Å². The van der Waals surface area contributed by atoms with E-state index in [9.17, 15) is 4.79 Å². The van der Waals surface area contributed by atoms with E-state index in [1.807, 2.05) is 0 Å². The first-order chi connectivity index (χ1) is 9.20. The van der Waals surface area contributed by atoms with Crippen LogP contribution in [-0.2, 0) is 4.79 Å². The summed E-state index contributed by atoms with van der Waals surface area (Å²) in [7, 11) is 0. The van der Waals surface area contributed by atoms with E-state index in [0.29, 0.717) is 18.0 Å². The highest BCUT2D eigenvalue weighted by molar-refractivity contribution is 5.73. The lowest BCUT2D eigenvalue weighted by atomic mass is 9.80. The van der Waals surface area contributed by atoms with Crippen molar-refractivity contribution in [2.45, 2.75) is 51.1 Å². The van der Waals surface area contributed by atoms with Gasteiger partial charge in [0.15, 0.2) is 0 Å². The number of hydrogen-bond acceptors (Lipinski definition) is 2. The van der Waals surface area contributed by atoms with E-state index in [1.54, 1.807) is 6.92 Å². The molecular weight excluding hydrogens is 236 g/mol. The number of rotatable bonds is 2. The lowest BCUT2D eigenvalue weighted by molar-refractivity contribution is -0.119. The number of likely N-dealkylation sites (N-methyl/N-ethyl adjacent to an activating group) is 1. The molecule has 1 N–H and O–H groups in total. The van der Waals surface area contributed by atoms with Crippen molar-refractivity contribution < 1.29 is 4.79 Å². The Labute approximate surface area is 115 Å². The van der Waals surface area contributed by atoms with E-state index >= 15 is 0 Å². The van der Waals surface area contributed by atoms with Gasteiger partial charge >= 0.3 is 0 Å². The molecule has 1 saturated carbocycles. The summed E-state index contributed by atoms with van der Waals surface area (Å²) in [5.41, 5.74) is 2.92. The molecule has 0 spiro atoms. The van der Waals surface area contributed by atoms with Gasteiger partial charge in [0.1, 0.15) is 0 Å². The van der Waals surface area contributed by atoms with Gasteiger partial charge in [-0.2, -0.15) is 0 Å². The number of benzene rings is 1. The molecule has 19 heavy (non-hydrogen) atoms. The van der Waals surface area contributed by atoms with Crippen LogP contribution in [0.3, 0.4) is 0 Å². The Hall–Kier alpha value is -1.51. The minimum atomic E-state index is 0.0991. The van der Waals surface area contributed by atoms with Gasteiger partial charge in [-0.25, -0.2) is 0 Å². The summed E-state index contributed by atoms with van der Waals surface area (Å²) in [5.74, 6) is 0.753. The van der Waals surface area contributed by atoms with Crippen LogP contribution in [-0.4, -0.2) is 24.5 Å². The maximum absolute atomic E-state index is 11.2. The molecule has 0 aromatic heterocycles. The van der Waals surface area contributed by atoms with Crippen LogP contribution in [0.25, 0.3) is 0 Å². The van der Waals surface area contributed by atoms with Crippen molar-refractivity contribution in [1.29, 1.82) is 0 Å². The zero-order valence-corrected chi connectivity index (χ0v) is 11.7. The van der Waals surface area contributed by atoms with Gasteiger partial charge in [-0.1, -0.05) is 18.2 Å². The molecule has 3 atom stereocenters. The molecule has 3 heteroatoms. The predicted molar refractivity (Wildman–Crippen MR) is 77.4 cm³/mol. The van der Waals surface area contributed by atoms with E-state index in [-0.39, 0.29) is 5.91 Å². The summed E-state index contributed by atoms with van der Waals surface area (Å²) in [6.45, 7) is 4.89. The van der Waals surface area contributed by atoms with Crippen LogP contribution in [0.2, 0.25) is 0 Å². The van der Waals surface area contributed by atoms with Crippen molar-refractivity contribution in [3.05, 3.63) is 29.8 Å². The van der Waals surface area contributed by atoms with Gasteiger partial charge in [0.05, 0.1) is 0 Å². The highest BCUT2D eigenvalue weighted by Gasteiger charge is 2.41. The molecule has 3 nitrogen and oxygen atoms in total. The van der Waals surface area contributed by atoms with Crippen LogP contribution < -0.4 is 10.2 Å². The maximum atomic E-state index is 11.2. The molecule has 2 aliphatic rings. The molecular formula is C16H22N2O. The summed E-state index contributed by atoms with van der Waals surface area (Å²) < 4.78 is 0. The highest BCUT2D eigenvalue weighted by atomic mass is 16.1. The lowest BCUT2D eigenvalue weighted by Gasteiger charge is -2.37. The van der Waals surface area contributed by atoms with Crippen LogP contribution in [0.1, 0.15) is 44.6 Å². The minimum Gasteiger partial charge on any atom is -0.368 e. The average Bonchev–Trinajstić information content (AvgIpc) is 2.71. The number of nitrogens with zero attached hydrogens (tertiary/aromatic N) is 1. The van der Waals surface area contributed by atoms with Crippen LogP contribution in [0.4, 0.5) is 5.69 Å². The monoisotopic (exact) mass is 258 g/mol. The molecule has 0 radical (unpaired) electrons. The fourth-order valence-electron chi connectivity index (χ4n) is 3.92. The van der Waals surface area contributed by atoms with Gasteiger partial charge in [0, 0.05) is 37.2 Å². The fraction of sp³-hybridized carbons (Fsp3) is 0.562. The predicted octanol–water partition coefficient (Wildman–Crippen LogP) is 2.67. The molecule has 0 bridgehead atoms. The molecule has 1 amide bonds. The Balaban J connectivity index is 1.84. The lowest BCUT2D eigenvalue weighted by Crippen LogP contribution is -2.45. The summed E-state index contributed by atoms with van der Waals surface area (Å²) in [4.78, 5) is 13.8. The first kappa shape index (κ1) is 12.5. The van der Waals surface area contributed by atoms with Crippen LogP contribution in [0.15, 0.2) is 24.3 Å². The van der Waals surface area contributed by atoms with E-state index < -0.39 is 0 Å². The third-order valence-corrected chi connectivity index (χ3v) is 4.61. The number of fused-ring (bicyclic) bond motifs is 3. The number of anilines is 1. The molecule has 1 unspecified atom stereocenters. The van der Waals surface area contributed by atoms with Crippen molar-refractivity contribution in [1.82, 2.24) is 5.32 Å². The molecule has 1 fully saturated rings. The van der Waals surface area contributed by atoms with Crippen LogP contribution in [0.5, 0.6) is 0 Å². The minimum absolute atomic E-state index is 0.0991. The number of carbonyl (C=O) groups excluding carboxylic acids is 1. The van der Waals surface area contributed by atoms with Gasteiger partial charge in [-0.3, -0.25) is 4.79 Å². The van der Waals surface area contributed by atoms with Crippen molar-refractivity contribution >= 4 is 11.6 Å². The summed E-state index contributed by atoms with van der Waals surface area (Å²) in [5, 5.41) is 3.10. The van der Waals surface area contributed by atoms with E-state index in [0.717, 1.165) is 19.4 Å². The van der Waals surface area contributed by atoms with Gasteiger partial charge in [-0.15, -0.1) is 0 Å². The van der Waals surface area contributed by atoms with Crippen molar-refractivity contribution in [3.63, 3.8) is 0 Å². The van der Waals surface area contributed by atoms with Crippen molar-refractivity contribution in [2.24, 2.45) is 0 Å². The van der Waals surface area contributed by atoms with E-state index in [1.165, 1.54) is 17.7 Å². The third-order valence-electron chi connectivity index (χ3n) is 4.61. The molecule has 3 rings (SSSR count). The molecule has 0 saturated heterocycles. The van der Waals surface area contributed by atoms with Gasteiger partial charge in [0.2, 0.25) is 5.91 Å². The number of para-hydroxylation sites is 1. The SMILES string of the molecule is CCN1c2ccccc2[C@@H]2CCC(NC(C)=O)C[C@@H]21. The van der Waals surface area contributed by atoms with Crippen LogP contribution in [0, 0.1) is 0 Å². The maximum Gasteiger partial charge on any atom is 0.217 e. The van der Waals surface area contributed by atoms with E-state index in [2.05, 4.69) is 41.4 Å². The Morgan fingerprint density at radius 1 is 1.37 bits per heavy atom. The average molecular weight is 258 g/mol. The van der Waals surface area contributed by atoms with E-state index in [4.69, 9.17) is 0 Å². The second-order valence-electron chi connectivity index (χ2n) is 5.73. The number of carbonyl (C=O) groups is 1. The second-order valence-corrected chi connectivity index (χ2v) is 5.73. The zero-order chi connectivity index (χ0) is 13.4. The Bertz CT molecular complexity index is 460. The summed E-state index contributed by atoms with van der Waals surface area (Å²) >= 11 is 0. The topological polar surface area (TPSA) is 32.3 Å². The quantitative estimate of drug-likeness (QED) is 0.884. The number of hydrogen-bond donors (Lipinski definition) is 1. The second kappa shape index (κ2) is 4.87. The molecule has 102 valence electrons. The standard InChI is InChI=1S/C16H22N2O/c1-3-18-15-7-5-4-6-13(15)14-9-8-12(10-16(14)18)17-11(2)19/h4-7,12,14,16H,3,8-10H2,1-2H3,(H,17,19)/t12?,14-,16-/m0/s1. The van der Waals surface area contributed by atoms with Crippen molar-refractivity contribution in [2.75, 3.05) is 11.4 Å². The molecule has 1 heterocycles. The number of amides is 1. The molecule has 1 aliphatic carbocycles. The Kier molecular flexibility index (Phi) is 3.21. The third kappa shape index (κ3) is 2.11. The first-order valence-electron chi connectivity index (χ1n) is 7.33. The molecule has 1 aliphatic heterocycles. The normalized spacial score (nSPS) is 28.7. The highest BCUT2D eigenvalue weighted by Crippen LogP contribution is 2.47. The Morgan fingerprint density at radius 2 is 2.16 bits per heavy atom. The molecule has 1 aromatic rings. The van der Waals surface area contributed by atoms with Gasteiger partial charge in [0.25, 0.3) is 0 Å². The molecule has 1 aromatic carbocycles. The zero-order valence-electron chi connectivity index (χ0n) is 11.7. The van der Waals surface area contributed by atoms with Crippen molar-refractivity contribution in [3.8, 4) is 0 Å². The fourth-order valence-corrected chi connectivity index (χ4v) is 3.92. The summed E-state index contributed by atoms with van der Waals surface area (Å²) in [6, 6.07) is 9.71.